The largest absolute Gasteiger partial charge is 0.387 e. The first-order chi connectivity index (χ1) is 13.5. The summed E-state index contributed by atoms with van der Waals surface area (Å²) >= 11 is 3.30. The van der Waals surface area contributed by atoms with Gasteiger partial charge in [0.2, 0.25) is 0 Å². The van der Waals surface area contributed by atoms with Crippen molar-refractivity contribution in [3.05, 3.63) is 39.2 Å². The molecule has 3 aromatic rings. The number of aliphatic hydroxyl groups excluding tert-OH is 1. The van der Waals surface area contributed by atoms with Crippen molar-refractivity contribution in [1.29, 1.82) is 0 Å². The van der Waals surface area contributed by atoms with Crippen LogP contribution < -0.4 is 4.90 Å². The molecule has 0 spiro atoms. The third-order valence-electron chi connectivity index (χ3n) is 5.10. The minimum Gasteiger partial charge on any atom is -0.387 e. The van der Waals surface area contributed by atoms with Crippen LogP contribution in [0, 0.1) is 12.8 Å². The van der Waals surface area contributed by atoms with Gasteiger partial charge < -0.3 is 14.7 Å². The Labute approximate surface area is 174 Å². The lowest BCUT2D eigenvalue weighted by atomic mass is 10.0. The normalized spacial score (nSPS) is 18.9. The van der Waals surface area contributed by atoms with Gasteiger partial charge in [0.25, 0.3) is 0 Å². The third kappa shape index (κ3) is 4.08. The Morgan fingerprint density at radius 2 is 2.18 bits per heavy atom. The first kappa shape index (κ1) is 19.8. The molecule has 2 unspecified atom stereocenters. The number of fused-ring (bicyclic) bond motifs is 1. The van der Waals surface area contributed by atoms with Crippen LogP contribution in [0.2, 0.25) is 0 Å². The second-order valence-corrected chi connectivity index (χ2v) is 9.66. The van der Waals surface area contributed by atoms with Crippen LogP contribution in [0.3, 0.4) is 0 Å². The van der Waals surface area contributed by atoms with Crippen molar-refractivity contribution in [2.45, 2.75) is 45.8 Å². The molecular weight excluding hydrogens is 390 g/mol. The number of hydrogen-bond donors (Lipinski definition) is 1. The molecule has 0 radical (unpaired) electrons. The SMILES string of the molecule is Cc1nc(N2CCOCC2CC(O)c2cccs2)c2c(CC(C)C)csc2n1. The van der Waals surface area contributed by atoms with Gasteiger partial charge in [-0.2, -0.15) is 0 Å². The van der Waals surface area contributed by atoms with E-state index in [2.05, 4.69) is 29.1 Å². The summed E-state index contributed by atoms with van der Waals surface area (Å²) < 4.78 is 5.78. The van der Waals surface area contributed by atoms with Gasteiger partial charge >= 0.3 is 0 Å². The van der Waals surface area contributed by atoms with Crippen LogP contribution in [0.4, 0.5) is 5.82 Å². The third-order valence-corrected chi connectivity index (χ3v) is 6.99. The van der Waals surface area contributed by atoms with E-state index in [0.29, 0.717) is 25.6 Å². The Hall–Kier alpha value is -1.54. The van der Waals surface area contributed by atoms with E-state index in [1.165, 1.54) is 10.9 Å². The first-order valence-electron chi connectivity index (χ1n) is 9.83. The van der Waals surface area contributed by atoms with E-state index in [0.717, 1.165) is 34.3 Å². The smallest absolute Gasteiger partial charge is 0.141 e. The van der Waals surface area contributed by atoms with Crippen molar-refractivity contribution < 1.29 is 9.84 Å². The minimum atomic E-state index is -0.481. The molecule has 0 bridgehead atoms. The zero-order valence-corrected chi connectivity index (χ0v) is 18.2. The van der Waals surface area contributed by atoms with Gasteiger partial charge in [0.15, 0.2) is 0 Å². The standard InChI is InChI=1S/C21H27N3O2S2/c1-13(2)9-15-12-28-21-19(15)20(22-14(3)23-21)24-6-7-26-11-16(24)10-17(25)18-5-4-8-27-18/h4-5,8,12-13,16-17,25H,6-7,9-11H2,1-3H3. The van der Waals surface area contributed by atoms with Gasteiger partial charge in [0.05, 0.1) is 30.7 Å². The Kier molecular flexibility index (Phi) is 5.96. The molecule has 1 N–H and O–H groups in total. The van der Waals surface area contributed by atoms with Crippen molar-refractivity contribution >= 4 is 38.7 Å². The van der Waals surface area contributed by atoms with E-state index in [4.69, 9.17) is 9.72 Å². The van der Waals surface area contributed by atoms with Gasteiger partial charge in [-0.1, -0.05) is 19.9 Å². The molecule has 1 aliphatic heterocycles. The summed E-state index contributed by atoms with van der Waals surface area (Å²) in [5, 5.41) is 16.2. The fourth-order valence-electron chi connectivity index (χ4n) is 3.87. The number of thiophene rings is 2. The highest BCUT2D eigenvalue weighted by Crippen LogP contribution is 2.36. The number of rotatable bonds is 6. The van der Waals surface area contributed by atoms with E-state index in [-0.39, 0.29) is 6.04 Å². The molecule has 0 saturated carbocycles. The van der Waals surface area contributed by atoms with E-state index in [1.54, 1.807) is 22.7 Å². The number of aliphatic hydroxyl groups is 1. The van der Waals surface area contributed by atoms with Gasteiger partial charge in [-0.15, -0.1) is 22.7 Å². The Morgan fingerprint density at radius 3 is 2.93 bits per heavy atom. The van der Waals surface area contributed by atoms with Gasteiger partial charge in [-0.05, 0) is 41.7 Å². The number of aryl methyl sites for hydroxylation is 1. The minimum absolute atomic E-state index is 0.0927. The summed E-state index contributed by atoms with van der Waals surface area (Å²) in [6, 6.07) is 4.07. The van der Waals surface area contributed by atoms with Crippen molar-refractivity contribution in [1.82, 2.24) is 9.97 Å². The molecular formula is C21H27N3O2S2. The zero-order chi connectivity index (χ0) is 19.7. The average Bonchev–Trinajstić information content (AvgIpc) is 3.32. The van der Waals surface area contributed by atoms with E-state index in [1.807, 2.05) is 24.4 Å². The maximum absolute atomic E-state index is 10.7. The lowest BCUT2D eigenvalue weighted by molar-refractivity contribution is 0.0685. The molecule has 2 atom stereocenters. The summed E-state index contributed by atoms with van der Waals surface area (Å²) in [4.78, 5) is 14.0. The maximum atomic E-state index is 10.7. The summed E-state index contributed by atoms with van der Waals surface area (Å²) in [5.74, 6) is 2.38. The maximum Gasteiger partial charge on any atom is 0.141 e. The number of ether oxygens (including phenoxy) is 1. The molecule has 150 valence electrons. The molecule has 4 heterocycles. The van der Waals surface area contributed by atoms with Crippen molar-refractivity contribution in [2.24, 2.45) is 5.92 Å². The van der Waals surface area contributed by atoms with Gasteiger partial charge in [0, 0.05) is 17.8 Å². The Bertz CT molecular complexity index is 923. The second kappa shape index (κ2) is 8.45. The monoisotopic (exact) mass is 417 g/mol. The first-order valence-corrected chi connectivity index (χ1v) is 11.6. The second-order valence-electron chi connectivity index (χ2n) is 7.82. The van der Waals surface area contributed by atoms with Crippen LogP contribution >= 0.6 is 22.7 Å². The van der Waals surface area contributed by atoms with Crippen LogP contribution in [-0.2, 0) is 11.2 Å². The lowest BCUT2D eigenvalue weighted by Gasteiger charge is -2.38. The number of morpholine rings is 1. The molecule has 5 nitrogen and oxygen atoms in total. The lowest BCUT2D eigenvalue weighted by Crippen LogP contribution is -2.47. The average molecular weight is 418 g/mol. The van der Waals surface area contributed by atoms with Crippen molar-refractivity contribution in [3.63, 3.8) is 0 Å². The molecule has 3 aromatic heterocycles. The summed E-state index contributed by atoms with van der Waals surface area (Å²) in [6.07, 6.45) is 1.17. The van der Waals surface area contributed by atoms with Gasteiger partial charge in [0.1, 0.15) is 16.5 Å². The number of nitrogens with zero attached hydrogens (tertiary/aromatic N) is 3. The van der Waals surface area contributed by atoms with Crippen molar-refractivity contribution in [3.8, 4) is 0 Å². The fraction of sp³-hybridized carbons (Fsp3) is 0.524. The molecule has 0 aliphatic carbocycles. The quantitative estimate of drug-likeness (QED) is 0.636. The molecule has 1 fully saturated rings. The van der Waals surface area contributed by atoms with E-state index < -0.39 is 6.10 Å². The number of hydrogen-bond acceptors (Lipinski definition) is 7. The highest BCUT2D eigenvalue weighted by molar-refractivity contribution is 7.17. The molecule has 1 aliphatic rings. The number of anilines is 1. The Balaban J connectivity index is 1.70. The molecule has 0 aromatic carbocycles. The molecule has 7 heteroatoms. The van der Waals surface area contributed by atoms with Gasteiger partial charge in [-0.3, -0.25) is 0 Å². The zero-order valence-electron chi connectivity index (χ0n) is 16.6. The van der Waals surface area contributed by atoms with Gasteiger partial charge in [-0.25, -0.2) is 9.97 Å². The number of aromatic nitrogens is 2. The highest BCUT2D eigenvalue weighted by Gasteiger charge is 2.30. The topological polar surface area (TPSA) is 58.5 Å². The van der Waals surface area contributed by atoms with Crippen molar-refractivity contribution in [2.75, 3.05) is 24.7 Å². The van der Waals surface area contributed by atoms with Crippen LogP contribution in [0.1, 0.15) is 42.6 Å². The van der Waals surface area contributed by atoms with Crippen LogP contribution in [0.5, 0.6) is 0 Å². The summed E-state index contributed by atoms with van der Waals surface area (Å²) in [7, 11) is 0. The highest BCUT2D eigenvalue weighted by atomic mass is 32.1. The van der Waals surface area contributed by atoms with E-state index >= 15 is 0 Å². The van der Waals surface area contributed by atoms with E-state index in [9.17, 15) is 5.11 Å². The molecule has 1 saturated heterocycles. The summed E-state index contributed by atoms with van der Waals surface area (Å²) in [5.41, 5.74) is 1.33. The molecule has 28 heavy (non-hydrogen) atoms. The predicted octanol–water partition coefficient (Wildman–Crippen LogP) is 4.59. The van der Waals surface area contributed by atoms with Crippen LogP contribution in [0.25, 0.3) is 10.2 Å². The Morgan fingerprint density at radius 1 is 1.32 bits per heavy atom. The van der Waals surface area contributed by atoms with Crippen LogP contribution in [-0.4, -0.2) is 40.9 Å². The molecule has 0 amide bonds. The predicted molar refractivity (Wildman–Crippen MR) is 117 cm³/mol. The molecule has 4 rings (SSSR count). The van der Waals surface area contributed by atoms with Crippen LogP contribution in [0.15, 0.2) is 22.9 Å². The fourth-order valence-corrected chi connectivity index (χ4v) is 5.58. The summed E-state index contributed by atoms with van der Waals surface area (Å²) in [6.45, 7) is 8.52.